The third-order valence-corrected chi connectivity index (χ3v) is 3.10. The van der Waals surface area contributed by atoms with Crippen molar-refractivity contribution in [1.82, 2.24) is 0 Å². The van der Waals surface area contributed by atoms with Gasteiger partial charge in [0, 0.05) is 0 Å². The summed E-state index contributed by atoms with van der Waals surface area (Å²) in [5, 5.41) is 18.8. The van der Waals surface area contributed by atoms with E-state index < -0.39 is 11.9 Å². The van der Waals surface area contributed by atoms with E-state index in [4.69, 9.17) is 4.74 Å². The first kappa shape index (κ1) is 15.6. The Morgan fingerprint density at radius 2 is 1.77 bits per heavy atom. The maximum absolute atomic E-state index is 11.7. The molecule has 0 aliphatic rings. The van der Waals surface area contributed by atoms with E-state index in [9.17, 15) is 19.8 Å². The van der Waals surface area contributed by atoms with Gasteiger partial charge in [0.25, 0.3) is 0 Å². The van der Waals surface area contributed by atoms with Crippen LogP contribution in [0.5, 0.6) is 5.75 Å². The Labute approximate surface area is 127 Å². The lowest BCUT2D eigenvalue weighted by atomic mass is 9.98. The molecule has 0 atom stereocenters. The molecule has 0 saturated carbocycles. The number of rotatable bonds is 5. The predicted octanol–water partition coefficient (Wildman–Crippen LogP) is 3.32. The fourth-order valence-electron chi connectivity index (χ4n) is 2.02. The van der Waals surface area contributed by atoms with Gasteiger partial charge >= 0.3 is 11.9 Å². The molecular weight excluding hydrogens is 284 g/mol. The number of hydrogen-bond donors (Lipinski definition) is 2. The Bertz CT molecular complexity index is 689. The normalized spacial score (nSPS) is 10.2. The summed E-state index contributed by atoms with van der Waals surface area (Å²) < 4.78 is 5.03. The highest BCUT2D eigenvalue weighted by atomic mass is 16.5. The Morgan fingerprint density at radius 3 is 2.36 bits per heavy atom. The van der Waals surface area contributed by atoms with Crippen molar-refractivity contribution in [1.29, 1.82) is 0 Å². The van der Waals surface area contributed by atoms with E-state index >= 15 is 0 Å². The summed E-state index contributed by atoms with van der Waals surface area (Å²) in [6.07, 6.45) is 0.745. The van der Waals surface area contributed by atoms with Gasteiger partial charge in [0.2, 0.25) is 0 Å². The van der Waals surface area contributed by atoms with Gasteiger partial charge in [0.05, 0.1) is 17.7 Å². The van der Waals surface area contributed by atoms with E-state index in [2.05, 4.69) is 0 Å². The van der Waals surface area contributed by atoms with Crippen LogP contribution in [-0.4, -0.2) is 28.8 Å². The van der Waals surface area contributed by atoms with Crippen LogP contribution >= 0.6 is 0 Å². The molecule has 2 N–H and O–H groups in total. The van der Waals surface area contributed by atoms with Crippen LogP contribution in [0, 0.1) is 0 Å². The molecule has 0 saturated heterocycles. The second-order valence-corrected chi connectivity index (χ2v) is 4.75. The number of carbonyl (C=O) groups excluding carboxylic acids is 1. The molecule has 2 aromatic rings. The number of phenols is 1. The average molecular weight is 300 g/mol. The Balaban J connectivity index is 2.33. The van der Waals surface area contributed by atoms with Crippen LogP contribution in [-0.2, 0) is 4.74 Å². The zero-order valence-corrected chi connectivity index (χ0v) is 12.1. The first-order valence-electron chi connectivity index (χ1n) is 6.86. The second kappa shape index (κ2) is 6.76. The number of benzene rings is 2. The van der Waals surface area contributed by atoms with Crippen molar-refractivity contribution in [2.45, 2.75) is 13.3 Å². The molecule has 5 nitrogen and oxygen atoms in total. The predicted molar refractivity (Wildman–Crippen MR) is 81.1 cm³/mol. The van der Waals surface area contributed by atoms with Gasteiger partial charge in [-0.15, -0.1) is 0 Å². The topological polar surface area (TPSA) is 83.8 Å². The lowest BCUT2D eigenvalue weighted by Gasteiger charge is -2.08. The number of carbonyl (C=O) groups is 2. The van der Waals surface area contributed by atoms with Gasteiger partial charge in [0.15, 0.2) is 0 Å². The van der Waals surface area contributed by atoms with Crippen LogP contribution in [0.25, 0.3) is 11.1 Å². The SMILES string of the molecule is CCCOC(=O)c1ccc(-c2cc(O)ccc2C(=O)O)cc1. The first-order valence-corrected chi connectivity index (χ1v) is 6.86. The van der Waals surface area contributed by atoms with E-state index in [0.717, 1.165) is 6.42 Å². The molecule has 0 amide bonds. The number of carboxylic acid groups (broad SMARTS) is 1. The van der Waals surface area contributed by atoms with Crippen LogP contribution in [0.15, 0.2) is 42.5 Å². The quantitative estimate of drug-likeness (QED) is 0.827. The molecule has 5 heteroatoms. The smallest absolute Gasteiger partial charge is 0.338 e. The minimum absolute atomic E-state index is 0.0218. The summed E-state index contributed by atoms with van der Waals surface area (Å²) >= 11 is 0. The lowest BCUT2D eigenvalue weighted by Crippen LogP contribution is -2.05. The van der Waals surface area contributed by atoms with E-state index in [1.54, 1.807) is 24.3 Å². The molecule has 22 heavy (non-hydrogen) atoms. The number of ether oxygens (including phenoxy) is 1. The number of esters is 1. The molecule has 0 unspecified atom stereocenters. The van der Waals surface area contributed by atoms with Crippen molar-refractivity contribution < 1.29 is 24.5 Å². The van der Waals surface area contributed by atoms with Gasteiger partial charge in [-0.3, -0.25) is 0 Å². The van der Waals surface area contributed by atoms with Crippen LogP contribution < -0.4 is 0 Å². The number of hydrogen-bond acceptors (Lipinski definition) is 4. The number of phenolic OH excluding ortho intramolecular Hbond substituents is 1. The van der Waals surface area contributed by atoms with Gasteiger partial charge in [-0.05, 0) is 47.9 Å². The number of aromatic carboxylic acids is 1. The highest BCUT2D eigenvalue weighted by molar-refractivity contribution is 5.97. The van der Waals surface area contributed by atoms with Gasteiger partial charge in [-0.2, -0.15) is 0 Å². The monoisotopic (exact) mass is 300 g/mol. The summed E-state index contributed by atoms with van der Waals surface area (Å²) in [6, 6.07) is 10.5. The van der Waals surface area contributed by atoms with Crippen molar-refractivity contribution in [3.8, 4) is 16.9 Å². The lowest BCUT2D eigenvalue weighted by molar-refractivity contribution is 0.0504. The Morgan fingerprint density at radius 1 is 1.09 bits per heavy atom. The van der Waals surface area contributed by atoms with Crippen molar-refractivity contribution >= 4 is 11.9 Å². The van der Waals surface area contributed by atoms with Crippen molar-refractivity contribution in [3.63, 3.8) is 0 Å². The van der Waals surface area contributed by atoms with E-state index in [1.807, 2.05) is 6.92 Å². The summed E-state index contributed by atoms with van der Waals surface area (Å²) in [6.45, 7) is 2.27. The Kier molecular flexibility index (Phi) is 4.78. The Hall–Kier alpha value is -2.82. The highest BCUT2D eigenvalue weighted by Crippen LogP contribution is 2.28. The van der Waals surface area contributed by atoms with Crippen LogP contribution in [0.1, 0.15) is 34.1 Å². The maximum Gasteiger partial charge on any atom is 0.338 e. The molecule has 2 rings (SSSR count). The molecule has 0 aromatic heterocycles. The summed E-state index contributed by atoms with van der Waals surface area (Å²) in [4.78, 5) is 23.0. The molecular formula is C17H16O5. The molecule has 2 aromatic carbocycles. The molecule has 0 heterocycles. The minimum atomic E-state index is -1.08. The zero-order chi connectivity index (χ0) is 16.1. The first-order chi connectivity index (χ1) is 10.5. The van der Waals surface area contributed by atoms with Gasteiger partial charge < -0.3 is 14.9 Å². The summed E-state index contributed by atoms with van der Waals surface area (Å²) in [7, 11) is 0. The third kappa shape index (κ3) is 3.44. The largest absolute Gasteiger partial charge is 0.508 e. The fraction of sp³-hybridized carbons (Fsp3) is 0.176. The standard InChI is InChI=1S/C17H16O5/c1-2-9-22-17(21)12-5-3-11(4-6-12)15-10-13(18)7-8-14(15)16(19)20/h3-8,10,18H,2,9H2,1H3,(H,19,20). The van der Waals surface area contributed by atoms with Gasteiger partial charge in [-0.1, -0.05) is 19.1 Å². The molecule has 0 fully saturated rings. The molecule has 114 valence electrons. The van der Waals surface area contributed by atoms with Gasteiger partial charge in [0.1, 0.15) is 5.75 Å². The molecule has 0 radical (unpaired) electrons. The van der Waals surface area contributed by atoms with E-state index in [-0.39, 0.29) is 11.3 Å². The molecule has 0 aliphatic heterocycles. The number of carboxylic acids is 1. The molecule has 0 spiro atoms. The van der Waals surface area contributed by atoms with Crippen molar-refractivity contribution in [2.24, 2.45) is 0 Å². The van der Waals surface area contributed by atoms with Crippen molar-refractivity contribution in [3.05, 3.63) is 53.6 Å². The van der Waals surface area contributed by atoms with Crippen molar-refractivity contribution in [2.75, 3.05) is 6.61 Å². The summed E-state index contributed by atoms with van der Waals surface area (Å²) in [5.41, 5.74) is 1.47. The highest BCUT2D eigenvalue weighted by Gasteiger charge is 2.13. The van der Waals surface area contributed by atoms with Gasteiger partial charge in [-0.25, -0.2) is 9.59 Å². The molecule has 0 bridgehead atoms. The van der Waals surface area contributed by atoms with Crippen LogP contribution in [0.3, 0.4) is 0 Å². The van der Waals surface area contributed by atoms with E-state index in [1.165, 1.54) is 18.2 Å². The van der Waals surface area contributed by atoms with Crippen LogP contribution in [0.2, 0.25) is 0 Å². The average Bonchev–Trinajstić information content (AvgIpc) is 2.52. The summed E-state index contributed by atoms with van der Waals surface area (Å²) in [5.74, 6) is -1.52. The maximum atomic E-state index is 11.7. The third-order valence-electron chi connectivity index (χ3n) is 3.10. The zero-order valence-electron chi connectivity index (χ0n) is 12.1. The second-order valence-electron chi connectivity index (χ2n) is 4.75. The van der Waals surface area contributed by atoms with E-state index in [0.29, 0.717) is 23.3 Å². The molecule has 0 aliphatic carbocycles. The van der Waals surface area contributed by atoms with Crippen LogP contribution in [0.4, 0.5) is 0 Å². The minimum Gasteiger partial charge on any atom is -0.508 e. The number of aromatic hydroxyl groups is 1. The fourth-order valence-corrected chi connectivity index (χ4v) is 2.02.